The van der Waals surface area contributed by atoms with Crippen molar-refractivity contribution in [3.05, 3.63) is 88.2 Å². The summed E-state index contributed by atoms with van der Waals surface area (Å²) in [7, 11) is 1.40. The summed E-state index contributed by atoms with van der Waals surface area (Å²) < 4.78 is 40.4. The highest BCUT2D eigenvalue weighted by Crippen LogP contribution is 2.70. The van der Waals surface area contributed by atoms with Crippen molar-refractivity contribution in [1.29, 1.82) is 0 Å². The molecule has 1 aromatic heterocycles. The molecular formula is C27H23BrF2N2O5. The maximum Gasteiger partial charge on any atom is 0.282 e. The Kier molecular flexibility index (Phi) is 5.38. The van der Waals surface area contributed by atoms with Crippen LogP contribution in [0.25, 0.3) is 0 Å². The van der Waals surface area contributed by atoms with E-state index in [1.807, 2.05) is 0 Å². The van der Waals surface area contributed by atoms with Gasteiger partial charge in [-0.25, -0.2) is 8.78 Å². The minimum atomic E-state index is -2.99. The Labute approximate surface area is 219 Å². The number of hydrogen-bond donors (Lipinski definition) is 2. The molecule has 7 nitrogen and oxygen atoms in total. The summed E-state index contributed by atoms with van der Waals surface area (Å²) >= 11 is 3.43. The number of carbonyl (C=O) groups excluding carboxylic acids is 1. The van der Waals surface area contributed by atoms with Crippen molar-refractivity contribution in [2.75, 3.05) is 20.2 Å². The topological polar surface area (TPSA) is 92.1 Å². The standard InChI is InChI=1S/C27H23BrF2N2O5/c1-36-18-11-31-12-19-22(18)26(35)23(33)20(24(34)32-13-25(29,30)14-32)21(15-5-3-2-4-6-15)27(26,37-19)16-7-9-17(28)10-8-16/h2-12,20-21,23,33,35H,13-14H2,1H3/t20-,21-,23-,26+,27+/m1/s1. The number of fused-ring (bicyclic) bond motifs is 3. The number of methoxy groups -OCH3 is 1. The number of aliphatic hydroxyl groups is 2. The van der Waals surface area contributed by atoms with Gasteiger partial charge in [-0.1, -0.05) is 58.4 Å². The van der Waals surface area contributed by atoms with Crippen LogP contribution in [0.5, 0.6) is 11.5 Å². The van der Waals surface area contributed by atoms with Crippen LogP contribution in [0.3, 0.4) is 0 Å². The van der Waals surface area contributed by atoms with Crippen molar-refractivity contribution in [1.82, 2.24) is 9.88 Å². The van der Waals surface area contributed by atoms with Crippen molar-refractivity contribution >= 4 is 21.8 Å². The molecule has 0 unspecified atom stereocenters. The monoisotopic (exact) mass is 572 g/mol. The highest BCUT2D eigenvalue weighted by atomic mass is 79.9. The lowest BCUT2D eigenvalue weighted by Crippen LogP contribution is -2.61. The van der Waals surface area contributed by atoms with Gasteiger partial charge < -0.3 is 24.6 Å². The molecule has 2 aliphatic heterocycles. The number of benzene rings is 2. The Morgan fingerprint density at radius 3 is 2.43 bits per heavy atom. The normalized spacial score (nSPS) is 31.2. The summed E-state index contributed by atoms with van der Waals surface area (Å²) in [6.07, 6.45) is 1.10. The number of alkyl halides is 2. The Balaban J connectivity index is 1.64. The number of rotatable bonds is 4. The van der Waals surface area contributed by atoms with E-state index in [2.05, 4.69) is 20.9 Å². The highest BCUT2D eigenvalue weighted by Gasteiger charge is 2.78. The second-order valence-electron chi connectivity index (χ2n) is 9.74. The lowest BCUT2D eigenvalue weighted by atomic mass is 9.70. The van der Waals surface area contributed by atoms with Crippen molar-refractivity contribution in [3.63, 3.8) is 0 Å². The molecule has 2 N–H and O–H groups in total. The van der Waals surface area contributed by atoms with E-state index in [1.54, 1.807) is 54.6 Å². The molecule has 3 aromatic rings. The van der Waals surface area contributed by atoms with Gasteiger partial charge in [0.05, 0.1) is 44.1 Å². The van der Waals surface area contributed by atoms with Crippen LogP contribution in [0.2, 0.25) is 0 Å². The molecule has 0 bridgehead atoms. The zero-order chi connectivity index (χ0) is 26.2. The largest absolute Gasteiger partial charge is 0.495 e. The molecule has 192 valence electrons. The van der Waals surface area contributed by atoms with E-state index < -0.39 is 54.1 Å². The molecule has 0 spiro atoms. The fourth-order valence-electron chi connectivity index (χ4n) is 6.25. The molecule has 37 heavy (non-hydrogen) atoms. The molecule has 1 saturated heterocycles. The number of aromatic nitrogens is 1. The third-order valence-electron chi connectivity index (χ3n) is 7.75. The van der Waals surface area contributed by atoms with Crippen LogP contribution in [0.4, 0.5) is 8.78 Å². The van der Waals surface area contributed by atoms with Gasteiger partial charge in [0.2, 0.25) is 5.91 Å². The van der Waals surface area contributed by atoms with E-state index in [0.717, 1.165) is 9.37 Å². The van der Waals surface area contributed by atoms with Gasteiger partial charge in [-0.3, -0.25) is 9.78 Å². The molecule has 10 heteroatoms. The van der Waals surface area contributed by atoms with Crippen LogP contribution in [0.15, 0.2) is 71.5 Å². The quantitative estimate of drug-likeness (QED) is 0.496. The Morgan fingerprint density at radius 2 is 1.81 bits per heavy atom. The molecule has 6 rings (SSSR count). The molecule has 3 aliphatic rings. The summed E-state index contributed by atoms with van der Waals surface area (Å²) in [4.78, 5) is 19.0. The van der Waals surface area contributed by atoms with E-state index in [0.29, 0.717) is 11.1 Å². The van der Waals surface area contributed by atoms with E-state index in [4.69, 9.17) is 9.47 Å². The first-order chi connectivity index (χ1) is 17.6. The van der Waals surface area contributed by atoms with Gasteiger partial charge in [-0.2, -0.15) is 0 Å². The third kappa shape index (κ3) is 3.22. The number of pyridine rings is 1. The van der Waals surface area contributed by atoms with E-state index in [1.165, 1.54) is 19.5 Å². The van der Waals surface area contributed by atoms with Crippen LogP contribution in [-0.4, -0.2) is 58.2 Å². The molecule has 3 heterocycles. The summed E-state index contributed by atoms with van der Waals surface area (Å²) in [6.45, 7) is -1.49. The maximum absolute atomic E-state index is 13.8. The van der Waals surface area contributed by atoms with Gasteiger partial charge in [-0.05, 0) is 23.3 Å². The highest BCUT2D eigenvalue weighted by molar-refractivity contribution is 9.10. The van der Waals surface area contributed by atoms with Gasteiger partial charge in [0.25, 0.3) is 5.92 Å². The molecule has 1 amide bonds. The van der Waals surface area contributed by atoms with Crippen molar-refractivity contribution in [2.45, 2.75) is 29.1 Å². The second-order valence-corrected chi connectivity index (χ2v) is 10.7. The minimum absolute atomic E-state index is 0.158. The average molecular weight is 573 g/mol. The molecule has 2 fully saturated rings. The Bertz CT molecular complexity index is 1370. The van der Waals surface area contributed by atoms with Crippen LogP contribution in [0.1, 0.15) is 22.6 Å². The van der Waals surface area contributed by atoms with Crippen LogP contribution < -0.4 is 9.47 Å². The summed E-state index contributed by atoms with van der Waals surface area (Å²) in [5, 5.41) is 24.6. The summed E-state index contributed by atoms with van der Waals surface area (Å²) in [5.41, 5.74) is -2.63. The first-order valence-electron chi connectivity index (χ1n) is 11.7. The van der Waals surface area contributed by atoms with Crippen molar-refractivity contribution < 1.29 is 33.3 Å². The first kappa shape index (κ1) is 24.3. The van der Waals surface area contributed by atoms with E-state index >= 15 is 0 Å². The minimum Gasteiger partial charge on any atom is -0.495 e. The van der Waals surface area contributed by atoms with Gasteiger partial charge in [0.1, 0.15) is 17.6 Å². The SMILES string of the molecule is COc1cncc2c1[C@]1(O)[C@H](O)[C@H](C(=O)N3CC(F)(F)C3)[C@@H](c3ccccc3)[C@]1(c1ccc(Br)cc1)O2. The fourth-order valence-corrected chi connectivity index (χ4v) is 6.51. The number of aliphatic hydroxyl groups excluding tert-OH is 1. The predicted octanol–water partition coefficient (Wildman–Crippen LogP) is 3.58. The second kappa shape index (κ2) is 8.21. The molecule has 0 radical (unpaired) electrons. The van der Waals surface area contributed by atoms with Crippen molar-refractivity contribution in [3.8, 4) is 11.5 Å². The number of hydrogen-bond acceptors (Lipinski definition) is 6. The molecule has 1 saturated carbocycles. The number of amides is 1. The molecule has 1 aliphatic carbocycles. The van der Waals surface area contributed by atoms with E-state index in [-0.39, 0.29) is 17.1 Å². The zero-order valence-corrected chi connectivity index (χ0v) is 21.2. The Hall–Kier alpha value is -3.08. The van der Waals surface area contributed by atoms with Crippen LogP contribution in [0, 0.1) is 5.92 Å². The average Bonchev–Trinajstić information content (AvgIpc) is 3.26. The fraction of sp³-hybridized carbons (Fsp3) is 0.333. The molecule has 5 atom stereocenters. The maximum atomic E-state index is 13.8. The lowest BCUT2D eigenvalue weighted by molar-refractivity contribution is -0.176. The predicted molar refractivity (Wildman–Crippen MR) is 131 cm³/mol. The van der Waals surface area contributed by atoms with Gasteiger partial charge in [-0.15, -0.1) is 0 Å². The number of carbonyl (C=O) groups is 1. The van der Waals surface area contributed by atoms with E-state index in [9.17, 15) is 23.8 Å². The molecular weight excluding hydrogens is 550 g/mol. The zero-order valence-electron chi connectivity index (χ0n) is 19.6. The van der Waals surface area contributed by atoms with Gasteiger partial charge >= 0.3 is 0 Å². The third-order valence-corrected chi connectivity index (χ3v) is 8.28. The van der Waals surface area contributed by atoms with Crippen LogP contribution >= 0.6 is 15.9 Å². The summed E-state index contributed by atoms with van der Waals surface area (Å²) in [6, 6.07) is 15.9. The summed E-state index contributed by atoms with van der Waals surface area (Å²) in [5.74, 6) is -5.54. The first-order valence-corrected chi connectivity index (χ1v) is 12.5. The van der Waals surface area contributed by atoms with Crippen molar-refractivity contribution in [2.24, 2.45) is 5.92 Å². The number of likely N-dealkylation sites (tertiary alicyclic amines) is 1. The number of ether oxygens (including phenoxy) is 2. The molecule has 2 aromatic carbocycles. The van der Waals surface area contributed by atoms with Gasteiger partial charge in [0, 0.05) is 10.4 Å². The van der Waals surface area contributed by atoms with Crippen LogP contribution in [-0.2, 0) is 16.0 Å². The smallest absolute Gasteiger partial charge is 0.282 e. The van der Waals surface area contributed by atoms with Gasteiger partial charge in [0.15, 0.2) is 11.2 Å². The number of halogens is 3. The Morgan fingerprint density at radius 1 is 1.14 bits per heavy atom. The number of nitrogens with zero attached hydrogens (tertiary/aromatic N) is 2. The lowest BCUT2D eigenvalue weighted by Gasteiger charge is -2.42.